The molecule has 10 aromatic carbocycles. The molecule has 0 spiro atoms. The molecule has 0 aliphatic heterocycles. The first-order chi connectivity index (χ1) is 27.8. The zero-order chi connectivity index (χ0) is 36.7. The zero-order valence-corrected chi connectivity index (χ0v) is 30.5. The second-order valence-electron chi connectivity index (χ2n) is 14.8. The van der Waals surface area contributed by atoms with E-state index in [0.29, 0.717) is 0 Å². The molecule has 0 radical (unpaired) electrons. The summed E-state index contributed by atoms with van der Waals surface area (Å²) >= 11 is 0. The molecule has 0 aliphatic rings. The summed E-state index contributed by atoms with van der Waals surface area (Å²) in [5.41, 5.74) is 12.0. The van der Waals surface area contributed by atoms with Gasteiger partial charge in [0.1, 0.15) is 0 Å². The molecule has 2 aromatic heterocycles. The molecule has 2 heteroatoms. The van der Waals surface area contributed by atoms with Crippen LogP contribution in [0, 0.1) is 0 Å². The molecule has 0 saturated heterocycles. The van der Waals surface area contributed by atoms with Crippen molar-refractivity contribution < 1.29 is 0 Å². The summed E-state index contributed by atoms with van der Waals surface area (Å²) in [7, 11) is 0. The van der Waals surface area contributed by atoms with Crippen LogP contribution in [-0.4, -0.2) is 9.13 Å². The van der Waals surface area contributed by atoms with Gasteiger partial charge >= 0.3 is 0 Å². The van der Waals surface area contributed by atoms with E-state index in [1.54, 1.807) is 0 Å². The minimum absolute atomic E-state index is 1.15. The van der Waals surface area contributed by atoms with Gasteiger partial charge in [-0.1, -0.05) is 170 Å². The molecule has 0 atom stereocenters. The third-order valence-electron chi connectivity index (χ3n) is 11.9. The number of rotatable bonds is 4. The van der Waals surface area contributed by atoms with Crippen LogP contribution in [0.1, 0.15) is 0 Å². The third kappa shape index (κ3) is 4.38. The van der Waals surface area contributed by atoms with Crippen LogP contribution in [0.5, 0.6) is 0 Å². The van der Waals surface area contributed by atoms with E-state index in [1.165, 1.54) is 98.2 Å². The number of benzene rings is 10. The molecule has 2 nitrogen and oxygen atoms in total. The van der Waals surface area contributed by atoms with Gasteiger partial charge in [-0.3, -0.25) is 0 Å². The van der Waals surface area contributed by atoms with Gasteiger partial charge in [0.05, 0.1) is 22.1 Å². The lowest BCUT2D eigenvalue weighted by molar-refractivity contribution is 1.18. The van der Waals surface area contributed by atoms with Gasteiger partial charge in [0.2, 0.25) is 0 Å². The number of hydrogen-bond donors (Lipinski definition) is 0. The number of aromatic nitrogens is 2. The summed E-state index contributed by atoms with van der Waals surface area (Å²) in [5.74, 6) is 0. The van der Waals surface area contributed by atoms with Gasteiger partial charge in [0.25, 0.3) is 0 Å². The molecule has 0 bridgehead atoms. The number of nitrogens with zero attached hydrogens (tertiary/aromatic N) is 2. The Morgan fingerprint density at radius 3 is 0.875 bits per heavy atom. The number of hydrogen-bond acceptors (Lipinski definition) is 0. The molecule has 0 N–H and O–H groups in total. The molecular formula is C54H34N2. The Morgan fingerprint density at radius 2 is 0.500 bits per heavy atom. The maximum Gasteiger partial charge on any atom is 0.0633 e. The highest BCUT2D eigenvalue weighted by atomic mass is 15.0. The predicted molar refractivity (Wildman–Crippen MR) is 239 cm³/mol. The van der Waals surface area contributed by atoms with Crippen molar-refractivity contribution in [2.24, 2.45) is 0 Å². The first-order valence-corrected chi connectivity index (χ1v) is 19.4. The zero-order valence-electron chi connectivity index (χ0n) is 30.5. The Bertz CT molecular complexity index is 3240. The first kappa shape index (κ1) is 31.0. The van der Waals surface area contributed by atoms with E-state index in [4.69, 9.17) is 0 Å². The van der Waals surface area contributed by atoms with Crippen molar-refractivity contribution in [3.8, 4) is 33.6 Å². The highest BCUT2D eigenvalue weighted by molar-refractivity contribution is 6.44. The molecule has 2 heterocycles. The summed E-state index contributed by atoms with van der Waals surface area (Å²) < 4.78 is 5.04. The summed E-state index contributed by atoms with van der Waals surface area (Å²) in [6.45, 7) is 0. The van der Waals surface area contributed by atoms with Gasteiger partial charge in [-0.2, -0.15) is 0 Å². The molecule has 0 saturated carbocycles. The van der Waals surface area contributed by atoms with E-state index in [-0.39, 0.29) is 0 Å². The lowest BCUT2D eigenvalue weighted by Crippen LogP contribution is -1.98. The Kier molecular flexibility index (Phi) is 6.66. The van der Waals surface area contributed by atoms with Crippen molar-refractivity contribution in [1.29, 1.82) is 0 Å². The molecule has 12 rings (SSSR count). The van der Waals surface area contributed by atoms with Crippen LogP contribution in [0.3, 0.4) is 0 Å². The van der Waals surface area contributed by atoms with E-state index in [9.17, 15) is 0 Å². The van der Waals surface area contributed by atoms with E-state index in [0.717, 1.165) is 11.4 Å². The Labute approximate surface area is 323 Å². The van der Waals surface area contributed by atoms with Gasteiger partial charge < -0.3 is 9.13 Å². The molecular weight excluding hydrogens is 677 g/mol. The van der Waals surface area contributed by atoms with E-state index >= 15 is 0 Å². The van der Waals surface area contributed by atoms with E-state index in [2.05, 4.69) is 215 Å². The highest BCUT2D eigenvalue weighted by Crippen LogP contribution is 2.50. The second kappa shape index (κ2) is 12.0. The van der Waals surface area contributed by atoms with Crippen LogP contribution in [0.4, 0.5) is 0 Å². The largest absolute Gasteiger partial charge is 0.309 e. The van der Waals surface area contributed by atoms with Crippen LogP contribution in [0.2, 0.25) is 0 Å². The average molecular weight is 711 g/mol. The molecule has 12 aromatic rings. The van der Waals surface area contributed by atoms with Crippen molar-refractivity contribution in [2.45, 2.75) is 0 Å². The van der Waals surface area contributed by atoms with Crippen molar-refractivity contribution in [3.63, 3.8) is 0 Å². The van der Waals surface area contributed by atoms with E-state index < -0.39 is 0 Å². The smallest absolute Gasteiger partial charge is 0.0633 e. The summed E-state index contributed by atoms with van der Waals surface area (Å²) in [4.78, 5) is 0. The van der Waals surface area contributed by atoms with Crippen molar-refractivity contribution in [2.75, 3.05) is 0 Å². The molecule has 0 aliphatic carbocycles. The summed E-state index contributed by atoms with van der Waals surface area (Å²) in [5, 5.41) is 12.7. The van der Waals surface area contributed by atoms with Crippen molar-refractivity contribution in [3.05, 3.63) is 206 Å². The fourth-order valence-electron chi connectivity index (χ4n) is 9.50. The minimum Gasteiger partial charge on any atom is -0.309 e. The Hall–Kier alpha value is -7.42. The van der Waals surface area contributed by atoms with Gasteiger partial charge in [-0.05, 0) is 80.2 Å². The van der Waals surface area contributed by atoms with Crippen LogP contribution < -0.4 is 0 Å². The number of para-hydroxylation sites is 2. The van der Waals surface area contributed by atoms with Crippen LogP contribution in [-0.2, 0) is 0 Å². The predicted octanol–water partition coefficient (Wildman–Crippen LogP) is 14.7. The SMILES string of the molecule is c1ccc(-c2ccc(-n3c4ccccc4c4c5ccccc5c5c(c6ccccc6c6c7ccccc7n(-c7ccc(-c8ccccc8)cc7)c65)c43)cc2)cc1. The molecule has 56 heavy (non-hydrogen) atoms. The Balaban J connectivity index is 1.29. The summed E-state index contributed by atoms with van der Waals surface area (Å²) in [6.07, 6.45) is 0. The number of fused-ring (bicyclic) bond motifs is 15. The topological polar surface area (TPSA) is 9.86 Å². The average Bonchev–Trinajstić information content (AvgIpc) is 3.81. The van der Waals surface area contributed by atoms with Crippen molar-refractivity contribution in [1.82, 2.24) is 9.13 Å². The quantitative estimate of drug-likeness (QED) is 0.161. The highest BCUT2D eigenvalue weighted by Gasteiger charge is 2.25. The fourth-order valence-corrected chi connectivity index (χ4v) is 9.50. The standard InChI is InChI=1S/C54H34N2/c1-3-15-35(16-4-1)37-27-31-39(32-28-37)55-47-25-13-11-23-45(47)49-41-19-7-10-22-44(41)52-51(53(49)55)43-21-9-8-20-42(43)50-46-24-12-14-26-48(46)56(54(50)52)40-33-29-38(30-34-40)36-17-5-2-6-18-36/h1-34H. The minimum atomic E-state index is 1.15. The van der Waals surface area contributed by atoms with E-state index in [1.807, 2.05) is 0 Å². The first-order valence-electron chi connectivity index (χ1n) is 19.4. The summed E-state index contributed by atoms with van der Waals surface area (Å²) in [6, 6.07) is 75.6. The lowest BCUT2D eigenvalue weighted by Gasteiger charge is -2.18. The normalized spacial score (nSPS) is 11.9. The lowest BCUT2D eigenvalue weighted by atomic mass is 9.90. The van der Waals surface area contributed by atoms with Gasteiger partial charge in [-0.15, -0.1) is 0 Å². The van der Waals surface area contributed by atoms with Gasteiger partial charge in [0.15, 0.2) is 0 Å². The molecule has 0 unspecified atom stereocenters. The van der Waals surface area contributed by atoms with Gasteiger partial charge in [0, 0.05) is 43.7 Å². The molecule has 0 amide bonds. The maximum absolute atomic E-state index is 2.52. The fraction of sp³-hybridized carbons (Fsp3) is 0. The Morgan fingerprint density at radius 1 is 0.214 bits per heavy atom. The van der Waals surface area contributed by atoms with Crippen LogP contribution in [0.15, 0.2) is 206 Å². The molecule has 260 valence electrons. The second-order valence-corrected chi connectivity index (χ2v) is 14.8. The van der Waals surface area contributed by atoms with Crippen LogP contribution >= 0.6 is 0 Å². The van der Waals surface area contributed by atoms with Gasteiger partial charge in [-0.25, -0.2) is 0 Å². The third-order valence-corrected chi connectivity index (χ3v) is 11.9. The maximum atomic E-state index is 2.52. The van der Waals surface area contributed by atoms with Crippen molar-refractivity contribution >= 4 is 75.9 Å². The van der Waals surface area contributed by atoms with Crippen LogP contribution in [0.25, 0.3) is 110 Å². The molecule has 0 fully saturated rings. The monoisotopic (exact) mass is 710 g/mol.